The number of nitrogens with one attached hydrogen (secondary N) is 1. The number of fused-ring (bicyclic) bond motifs is 1. The average Bonchev–Trinajstić information content (AvgIpc) is 3.00. The minimum absolute atomic E-state index is 0.0279. The number of rotatable bonds is 5. The number of aryl methyl sites for hydroxylation is 1. The number of hydrogen-bond donors (Lipinski definition) is 2. The van der Waals surface area contributed by atoms with E-state index in [0.717, 1.165) is 6.20 Å². The molecule has 1 aliphatic rings. The molecule has 2 atom stereocenters. The van der Waals surface area contributed by atoms with Crippen LogP contribution in [0.4, 0.5) is 17.6 Å². The summed E-state index contributed by atoms with van der Waals surface area (Å²) in [5.41, 5.74) is 5.07. The molecule has 3 N–H and O–H groups in total. The number of carbonyl (C=O) groups is 1. The van der Waals surface area contributed by atoms with E-state index in [1.807, 2.05) is 0 Å². The number of halogens is 4. The molecule has 9 heteroatoms. The molecule has 0 bridgehead atoms. The van der Waals surface area contributed by atoms with E-state index in [1.54, 1.807) is 0 Å². The maximum atomic E-state index is 13.0. The molecule has 1 amide bonds. The van der Waals surface area contributed by atoms with Gasteiger partial charge < -0.3 is 15.6 Å². The first-order valence-corrected chi connectivity index (χ1v) is 8.15. The highest BCUT2D eigenvalue weighted by Crippen LogP contribution is 2.30. The van der Waals surface area contributed by atoms with Gasteiger partial charge in [0.15, 0.2) is 5.69 Å². The molecule has 3 rings (SSSR count). The standard InChI is InChI=1S/C17H18F4N4O/c18-12-4-2-11(3-5-12)15(16(22)26)23-7-10-1-6-14-24-13(17(19,20)21)9-25(14)8-10/h2-5,9-10,15,23H,1,6-8H2,(H2,22,26)/t10-,15-/m1/s1. The Morgan fingerprint density at radius 1 is 1.35 bits per heavy atom. The molecular weight excluding hydrogens is 352 g/mol. The third kappa shape index (κ3) is 4.04. The molecule has 0 saturated carbocycles. The molecule has 2 heterocycles. The van der Waals surface area contributed by atoms with E-state index in [0.29, 0.717) is 37.3 Å². The third-order valence-corrected chi connectivity index (χ3v) is 4.48. The second-order valence-corrected chi connectivity index (χ2v) is 6.39. The second kappa shape index (κ2) is 7.06. The number of benzene rings is 1. The van der Waals surface area contributed by atoms with E-state index in [1.165, 1.54) is 28.8 Å². The van der Waals surface area contributed by atoms with Gasteiger partial charge in [-0.1, -0.05) is 12.1 Å². The fourth-order valence-corrected chi connectivity index (χ4v) is 3.14. The lowest BCUT2D eigenvalue weighted by Gasteiger charge is -2.26. The summed E-state index contributed by atoms with van der Waals surface area (Å²) in [7, 11) is 0. The van der Waals surface area contributed by atoms with Crippen molar-refractivity contribution < 1.29 is 22.4 Å². The van der Waals surface area contributed by atoms with Crippen LogP contribution >= 0.6 is 0 Å². The van der Waals surface area contributed by atoms with Crippen LogP contribution in [-0.2, 0) is 23.9 Å². The van der Waals surface area contributed by atoms with Gasteiger partial charge in [-0.2, -0.15) is 13.2 Å². The number of imidazole rings is 1. The van der Waals surface area contributed by atoms with Gasteiger partial charge >= 0.3 is 6.18 Å². The molecule has 0 unspecified atom stereocenters. The van der Waals surface area contributed by atoms with Crippen molar-refractivity contribution >= 4 is 5.91 Å². The Hall–Kier alpha value is -2.42. The third-order valence-electron chi connectivity index (χ3n) is 4.48. The van der Waals surface area contributed by atoms with Crippen molar-refractivity contribution in [1.82, 2.24) is 14.9 Å². The Kier molecular flexibility index (Phi) is 4.99. The van der Waals surface area contributed by atoms with Crippen molar-refractivity contribution in [3.63, 3.8) is 0 Å². The van der Waals surface area contributed by atoms with Crippen LogP contribution in [0, 0.1) is 11.7 Å². The maximum Gasteiger partial charge on any atom is 0.434 e. The number of nitrogens with two attached hydrogens (primary N) is 1. The van der Waals surface area contributed by atoms with Crippen LogP contribution in [0.5, 0.6) is 0 Å². The fraction of sp³-hybridized carbons (Fsp3) is 0.412. The van der Waals surface area contributed by atoms with Crippen LogP contribution in [0.3, 0.4) is 0 Å². The first kappa shape index (κ1) is 18.4. The van der Waals surface area contributed by atoms with Crippen molar-refractivity contribution in [2.45, 2.75) is 31.6 Å². The normalized spacial score (nSPS) is 18.4. The van der Waals surface area contributed by atoms with Crippen LogP contribution in [0.25, 0.3) is 0 Å². The monoisotopic (exact) mass is 370 g/mol. The van der Waals surface area contributed by atoms with Gasteiger partial charge in [0.25, 0.3) is 0 Å². The Balaban J connectivity index is 1.65. The Morgan fingerprint density at radius 2 is 2.04 bits per heavy atom. The molecule has 2 aromatic rings. The first-order valence-electron chi connectivity index (χ1n) is 8.15. The van der Waals surface area contributed by atoms with Crippen molar-refractivity contribution in [3.8, 4) is 0 Å². The van der Waals surface area contributed by atoms with Gasteiger partial charge in [0.2, 0.25) is 5.91 Å². The molecule has 0 saturated heterocycles. The Labute approximate surface area is 147 Å². The van der Waals surface area contributed by atoms with E-state index < -0.39 is 29.6 Å². The lowest BCUT2D eigenvalue weighted by Crippen LogP contribution is -2.38. The quantitative estimate of drug-likeness (QED) is 0.794. The van der Waals surface area contributed by atoms with Gasteiger partial charge in [-0.3, -0.25) is 4.79 Å². The molecule has 1 aromatic carbocycles. The average molecular weight is 370 g/mol. The summed E-state index contributed by atoms with van der Waals surface area (Å²) in [5, 5.41) is 3.04. The van der Waals surface area contributed by atoms with Crippen LogP contribution in [0.1, 0.15) is 29.5 Å². The lowest BCUT2D eigenvalue weighted by molar-refractivity contribution is -0.141. The van der Waals surface area contributed by atoms with E-state index >= 15 is 0 Å². The number of amides is 1. The summed E-state index contributed by atoms with van der Waals surface area (Å²) in [6.45, 7) is 0.768. The van der Waals surface area contributed by atoms with Crippen LogP contribution in [-0.4, -0.2) is 22.0 Å². The van der Waals surface area contributed by atoms with E-state index in [-0.39, 0.29) is 5.92 Å². The minimum atomic E-state index is -4.46. The molecule has 5 nitrogen and oxygen atoms in total. The first-order chi connectivity index (χ1) is 12.2. The smallest absolute Gasteiger partial charge is 0.368 e. The highest BCUT2D eigenvalue weighted by molar-refractivity contribution is 5.81. The summed E-state index contributed by atoms with van der Waals surface area (Å²) >= 11 is 0. The SMILES string of the molecule is NC(=O)[C@H](NC[C@H]1CCc2nc(C(F)(F)F)cn2C1)c1ccc(F)cc1. The number of nitrogens with zero attached hydrogens (tertiary/aromatic N) is 2. The predicted octanol–water partition coefficient (Wildman–Crippen LogP) is 2.42. The largest absolute Gasteiger partial charge is 0.434 e. The zero-order chi connectivity index (χ0) is 18.9. The van der Waals surface area contributed by atoms with E-state index in [4.69, 9.17) is 5.73 Å². The van der Waals surface area contributed by atoms with Gasteiger partial charge in [-0.25, -0.2) is 9.37 Å². The summed E-state index contributed by atoms with van der Waals surface area (Å²) in [6.07, 6.45) is -2.36. The number of alkyl halides is 3. The molecule has 1 aromatic heterocycles. The molecule has 26 heavy (non-hydrogen) atoms. The molecule has 140 valence electrons. The highest BCUT2D eigenvalue weighted by Gasteiger charge is 2.35. The minimum Gasteiger partial charge on any atom is -0.368 e. The van der Waals surface area contributed by atoms with Gasteiger partial charge in [0.1, 0.15) is 17.7 Å². The number of aromatic nitrogens is 2. The van der Waals surface area contributed by atoms with Crippen LogP contribution in [0.2, 0.25) is 0 Å². The number of carbonyl (C=O) groups excluding carboxylic acids is 1. The number of hydrogen-bond acceptors (Lipinski definition) is 3. The summed E-state index contributed by atoms with van der Waals surface area (Å²) < 4.78 is 52.8. The molecule has 0 aliphatic carbocycles. The number of primary amides is 1. The zero-order valence-corrected chi connectivity index (χ0v) is 13.8. The predicted molar refractivity (Wildman–Crippen MR) is 85.4 cm³/mol. The fourth-order valence-electron chi connectivity index (χ4n) is 3.14. The molecule has 0 spiro atoms. The van der Waals surface area contributed by atoms with Gasteiger partial charge in [-0.05, 0) is 30.0 Å². The highest BCUT2D eigenvalue weighted by atomic mass is 19.4. The molecule has 0 radical (unpaired) electrons. The molecule has 0 fully saturated rings. The van der Waals surface area contributed by atoms with Crippen molar-refractivity contribution in [2.75, 3.05) is 6.54 Å². The van der Waals surface area contributed by atoms with Gasteiger partial charge in [-0.15, -0.1) is 0 Å². The van der Waals surface area contributed by atoms with Crippen LogP contribution < -0.4 is 11.1 Å². The molecule has 1 aliphatic heterocycles. The molecular formula is C17H18F4N4O. The summed E-state index contributed by atoms with van der Waals surface area (Å²) in [4.78, 5) is 15.3. The van der Waals surface area contributed by atoms with Crippen molar-refractivity contribution in [3.05, 3.63) is 53.4 Å². The van der Waals surface area contributed by atoms with Gasteiger partial charge in [0.05, 0.1) is 0 Å². The summed E-state index contributed by atoms with van der Waals surface area (Å²) in [6, 6.07) is 4.64. The van der Waals surface area contributed by atoms with Crippen molar-refractivity contribution in [1.29, 1.82) is 0 Å². The zero-order valence-electron chi connectivity index (χ0n) is 13.8. The Morgan fingerprint density at radius 3 is 2.65 bits per heavy atom. The van der Waals surface area contributed by atoms with E-state index in [2.05, 4.69) is 10.3 Å². The van der Waals surface area contributed by atoms with Crippen molar-refractivity contribution in [2.24, 2.45) is 11.7 Å². The second-order valence-electron chi connectivity index (χ2n) is 6.39. The van der Waals surface area contributed by atoms with Gasteiger partial charge in [0, 0.05) is 25.7 Å². The topological polar surface area (TPSA) is 72.9 Å². The Bertz CT molecular complexity index is 785. The van der Waals surface area contributed by atoms with Crippen LogP contribution in [0.15, 0.2) is 30.5 Å². The van der Waals surface area contributed by atoms with E-state index in [9.17, 15) is 22.4 Å². The maximum absolute atomic E-state index is 13.0. The lowest BCUT2D eigenvalue weighted by atomic mass is 9.98. The summed E-state index contributed by atoms with van der Waals surface area (Å²) in [5.74, 6) is -0.578.